The smallest absolute Gasteiger partial charge is 0.435 e. The minimum absolute atomic E-state index is 0. The number of aromatic hydroxyl groups is 3. The molecule has 3 aliphatic heterocycles. The van der Waals surface area contributed by atoms with E-state index in [9.17, 15) is 40.2 Å². The van der Waals surface area contributed by atoms with Crippen LogP contribution in [0.5, 0.6) is 17.2 Å². The number of amidine groups is 1. The second-order valence-corrected chi connectivity index (χ2v) is 30.6. The SMILES string of the molecule is C.C.CC(C)(C)OC(=O)CC(=NC(=O)OC(C)(C)C)N1CCN(c2ccc(/C(=C(/CCCO)c3ccccc3)c3ccc(O)cc3)cc2)CC1.N=C(N)N1CCN(c2ccc(/C(=C(/CCCO)c3ccccc3)c3ccc(O)cc3)cc2)CC1.OCCC/C(=C(\c1ccc(O)cc1)c1ccc(N2CCCCC2)cc1)c1ccccc1.[PH2-]. The van der Waals surface area contributed by atoms with Gasteiger partial charge in [0.2, 0.25) is 0 Å². The molecule has 0 radical (unpaired) electrons. The predicted molar refractivity (Wildman–Crippen MR) is 483 cm³/mol. The van der Waals surface area contributed by atoms with Gasteiger partial charge in [-0.15, -0.1) is 0 Å². The number of amides is 1. The van der Waals surface area contributed by atoms with Gasteiger partial charge in [-0.05, 0) is 256 Å². The summed E-state index contributed by atoms with van der Waals surface area (Å²) >= 11 is 0. The molecule has 1 amide bonds. The van der Waals surface area contributed by atoms with Crippen molar-refractivity contribution in [2.24, 2.45) is 10.7 Å². The number of nitrogens with zero attached hydrogens (tertiary/aromatic N) is 6. The average Bonchev–Trinajstić information content (AvgIpc) is 0.804. The van der Waals surface area contributed by atoms with E-state index >= 15 is 0 Å². The third-order valence-electron chi connectivity index (χ3n) is 20.0. The van der Waals surface area contributed by atoms with Crippen molar-refractivity contribution < 1.29 is 49.7 Å². The number of piperazine rings is 2. The summed E-state index contributed by atoms with van der Waals surface area (Å²) in [6.45, 7) is 19.0. The summed E-state index contributed by atoms with van der Waals surface area (Å²) < 4.78 is 11.0. The number of aliphatic hydroxyl groups is 3. The molecule has 0 saturated carbocycles. The first-order chi connectivity index (χ1) is 54.5. The Bertz CT molecular complexity index is 4620. The van der Waals surface area contributed by atoms with Crippen molar-refractivity contribution in [2.45, 2.75) is 132 Å². The first-order valence-electron chi connectivity index (χ1n) is 39.5. The molecule has 616 valence electrons. The van der Waals surface area contributed by atoms with Gasteiger partial charge >= 0.3 is 12.1 Å². The summed E-state index contributed by atoms with van der Waals surface area (Å²) in [5.74, 6) is 0.729. The van der Waals surface area contributed by atoms with Gasteiger partial charge in [0.25, 0.3) is 0 Å². The standard InChI is InChI=1S/C39H49N3O6.C28H32N4O2.C28H31NO2.2CH4.H2P/c1-38(2,3)47-35(45)27-34(40-37(46)48-39(4,5)6)42-24-22-41(23-25-42)31-18-14-29(15-19-31)36(30-16-20-32(44)21-17-30)33(13-10-26-43)28-11-8-7-9-12-28;29-28(30)32-18-16-31(17-19-32)24-12-8-22(9-13-24)27(23-10-14-25(34)15-11-23)26(7-4-20-33)21-5-2-1-3-6-21;30-21-7-10-27(22-8-3-1-4-9-22)28(24-13-17-26(31)18-14-24)23-11-15-25(16-12-23)29-19-5-2-6-20-29;;;/h7-9,11-12,14-21,43-44H,10,13,22-27H2,1-6H3;1-3,5-6,8-15,33-34H,4,7,16-20H2,(H3,29,30);1,3-4,8-9,11-18,30-31H,2,5-7,10,19-21H2;2*1H4;1H2/q;;;;;-1/b36-33+,40-34?;27-26+;28-27+;;;. The van der Waals surface area contributed by atoms with Gasteiger partial charge in [0.15, 0.2) is 5.96 Å². The third-order valence-corrected chi connectivity index (χ3v) is 20.0. The molecule has 3 aliphatic rings. The molecule has 9 aromatic carbocycles. The Balaban J connectivity index is 0.000000244. The summed E-state index contributed by atoms with van der Waals surface area (Å²) in [6.07, 6.45) is 7.21. The number of guanidine groups is 1. The van der Waals surface area contributed by atoms with E-state index < -0.39 is 23.3 Å². The summed E-state index contributed by atoms with van der Waals surface area (Å²) in [5.41, 5.74) is 24.3. The highest BCUT2D eigenvalue weighted by Gasteiger charge is 2.28. The summed E-state index contributed by atoms with van der Waals surface area (Å²) in [7, 11) is 0. The molecule has 18 nitrogen and oxygen atoms in total. The Morgan fingerprint density at radius 2 is 0.655 bits per heavy atom. The van der Waals surface area contributed by atoms with Crippen LogP contribution in [0.1, 0.15) is 171 Å². The van der Waals surface area contributed by atoms with Crippen molar-refractivity contribution in [2.75, 3.05) is 100.0 Å². The van der Waals surface area contributed by atoms with Gasteiger partial charge in [-0.2, -0.15) is 4.99 Å². The van der Waals surface area contributed by atoms with E-state index in [0.29, 0.717) is 57.7 Å². The summed E-state index contributed by atoms with van der Waals surface area (Å²) in [4.78, 5) is 40.5. The zero-order valence-electron chi connectivity index (χ0n) is 66.9. The molecule has 0 bridgehead atoms. The quantitative estimate of drug-likeness (QED) is 0.00974. The van der Waals surface area contributed by atoms with Crippen LogP contribution < -0.4 is 20.4 Å². The first kappa shape index (κ1) is 92.2. The Labute approximate surface area is 691 Å². The lowest BCUT2D eigenvalue weighted by Crippen LogP contribution is -2.50. The number of carbonyl (C=O) groups excluding carboxylic acids is 2. The van der Waals surface area contributed by atoms with E-state index in [1.54, 1.807) is 77.9 Å². The van der Waals surface area contributed by atoms with Gasteiger partial charge in [0, 0.05) is 102 Å². The Morgan fingerprint density at radius 1 is 0.379 bits per heavy atom. The predicted octanol–water partition coefficient (Wildman–Crippen LogP) is 19.2. The summed E-state index contributed by atoms with van der Waals surface area (Å²) in [6, 6.07) is 78.8. The number of allylic oxidation sites excluding steroid dienone is 3. The first-order valence-corrected chi connectivity index (χ1v) is 39.5. The van der Waals surface area contributed by atoms with Crippen LogP contribution >= 0.6 is 9.90 Å². The molecule has 19 heteroatoms. The highest BCUT2D eigenvalue weighted by atomic mass is 31.0. The van der Waals surface area contributed by atoms with E-state index in [1.165, 1.54) is 41.7 Å². The number of phenolic OH excluding ortho intramolecular Hbond substituents is 3. The number of rotatable bonds is 23. The molecule has 0 unspecified atom stereocenters. The Hall–Kier alpha value is -11.0. The number of aliphatic hydroxyl groups excluding tert-OH is 3. The second kappa shape index (κ2) is 45.3. The van der Waals surface area contributed by atoms with Crippen LogP contribution in [0.3, 0.4) is 0 Å². The fraction of sp³-hybridized carbons (Fsp3) is 0.340. The lowest BCUT2D eigenvalue weighted by Gasteiger charge is -2.37. The Morgan fingerprint density at radius 3 is 0.931 bits per heavy atom. The maximum atomic E-state index is 12.7. The van der Waals surface area contributed by atoms with Crippen LogP contribution in [0.25, 0.3) is 33.4 Å². The molecule has 0 spiro atoms. The largest absolute Gasteiger partial charge is 0.577 e. The second-order valence-electron chi connectivity index (χ2n) is 30.6. The molecule has 0 aromatic heterocycles. The van der Waals surface area contributed by atoms with Gasteiger partial charge in [0.1, 0.15) is 40.7 Å². The van der Waals surface area contributed by atoms with Crippen molar-refractivity contribution in [3.8, 4) is 17.2 Å². The van der Waals surface area contributed by atoms with E-state index in [0.717, 1.165) is 130 Å². The van der Waals surface area contributed by atoms with Crippen molar-refractivity contribution in [1.82, 2.24) is 9.80 Å². The molecular weight excluding hydrogens is 1470 g/mol. The maximum Gasteiger partial charge on any atom is 0.435 e. The number of esters is 1. The van der Waals surface area contributed by atoms with Crippen LogP contribution in [0.4, 0.5) is 21.9 Å². The average molecular weight is 1590 g/mol. The Kier molecular flexibility index (Phi) is 36.0. The highest BCUT2D eigenvalue weighted by molar-refractivity contribution is 6.92. The van der Waals surface area contributed by atoms with E-state index in [2.05, 4.69) is 141 Å². The van der Waals surface area contributed by atoms with E-state index in [1.807, 2.05) is 88.7 Å². The molecule has 116 heavy (non-hydrogen) atoms. The van der Waals surface area contributed by atoms with Gasteiger partial charge in [-0.3, -0.25) is 10.2 Å². The van der Waals surface area contributed by atoms with Gasteiger partial charge in [-0.1, -0.05) is 179 Å². The zero-order chi connectivity index (χ0) is 80.3. The van der Waals surface area contributed by atoms with Gasteiger partial charge in [0.05, 0.1) is 0 Å². The van der Waals surface area contributed by atoms with Crippen molar-refractivity contribution in [3.63, 3.8) is 0 Å². The minimum atomic E-state index is -0.731. The number of ether oxygens (including phenoxy) is 2. The number of carbonyl (C=O) groups is 2. The zero-order valence-corrected chi connectivity index (χ0v) is 68.1. The molecule has 3 fully saturated rings. The molecule has 12 rings (SSSR count). The van der Waals surface area contributed by atoms with Gasteiger partial charge < -0.3 is 80.2 Å². The van der Waals surface area contributed by atoms with E-state index in [-0.39, 0.29) is 74.2 Å². The van der Waals surface area contributed by atoms with Crippen LogP contribution in [0, 0.1) is 5.41 Å². The number of hydrogen-bond donors (Lipinski definition) is 8. The summed E-state index contributed by atoms with van der Waals surface area (Å²) in [5, 5.41) is 66.2. The molecule has 3 heterocycles. The molecule has 9 N–H and O–H groups in total. The van der Waals surface area contributed by atoms with Crippen molar-refractivity contribution in [3.05, 3.63) is 287 Å². The number of phenols is 3. The molecule has 3 saturated heterocycles. The number of hydrogen-bond acceptors (Lipinski definition) is 14. The highest BCUT2D eigenvalue weighted by Crippen LogP contribution is 2.41. The molecular formula is C97H122N8O10P-. The van der Waals surface area contributed by atoms with Crippen molar-refractivity contribution >= 4 is 84.3 Å². The lowest BCUT2D eigenvalue weighted by molar-refractivity contribution is -0.153. The number of aliphatic imine (C=N–C) groups is 1. The number of benzene rings is 9. The van der Waals surface area contributed by atoms with Gasteiger partial charge in [-0.25, -0.2) is 4.79 Å². The number of nitrogens with one attached hydrogen (secondary N) is 1. The van der Waals surface area contributed by atoms with Crippen LogP contribution in [-0.2, 0) is 14.3 Å². The number of nitrogens with two attached hydrogens (primary N) is 1. The minimum Gasteiger partial charge on any atom is -0.577 e. The normalized spacial score (nSPS) is 14.4. The fourth-order valence-electron chi connectivity index (χ4n) is 14.6. The van der Waals surface area contributed by atoms with Crippen LogP contribution in [-0.4, -0.2) is 161 Å². The number of piperidine rings is 1. The monoisotopic (exact) mass is 1590 g/mol. The van der Waals surface area contributed by atoms with Crippen LogP contribution in [0.2, 0.25) is 0 Å². The van der Waals surface area contributed by atoms with E-state index in [4.69, 9.17) is 20.6 Å². The molecule has 9 aromatic rings. The van der Waals surface area contributed by atoms with Crippen LogP contribution in [0.15, 0.2) is 242 Å². The maximum absolute atomic E-state index is 12.7. The van der Waals surface area contributed by atoms with Crippen molar-refractivity contribution in [1.29, 1.82) is 5.41 Å². The lowest BCUT2D eigenvalue weighted by atomic mass is 9.87. The topological polar surface area (TPSA) is 252 Å². The molecule has 0 aliphatic carbocycles. The third kappa shape index (κ3) is 27.1. The molecule has 0 atom stereocenters. The fourth-order valence-corrected chi connectivity index (χ4v) is 14.6. The number of anilines is 3.